The molecule has 0 unspecified atom stereocenters. The minimum absolute atomic E-state index is 0.0234. The smallest absolute Gasteiger partial charge is 0.282 e. The molecular weight excluding hydrogens is 476 g/mol. The summed E-state index contributed by atoms with van der Waals surface area (Å²) in [6.45, 7) is 0.497. The van der Waals surface area contributed by atoms with E-state index >= 15 is 0 Å². The maximum absolute atomic E-state index is 11.6. The van der Waals surface area contributed by atoms with Gasteiger partial charge in [0.15, 0.2) is 11.5 Å². The second kappa shape index (κ2) is 9.50. The molecule has 8 nitrogen and oxygen atoms in total. The quantitative estimate of drug-likeness (QED) is 0.202. The van der Waals surface area contributed by atoms with Crippen LogP contribution < -0.4 is 14.3 Å². The standard InChI is InChI=1S/C24H17ClN4O4S/c25-19-8-6-17(7-9-19)21-14-34-24(26-12-16-4-2-1-3-5-16)28(21)27-13-18-10-22-23(33-15-32-22)11-20(18)29(30)31/h1-11,13-14H,12,15H2. The summed E-state index contributed by atoms with van der Waals surface area (Å²) in [6.07, 6.45) is 1.44. The number of rotatable bonds is 6. The minimum atomic E-state index is -0.470. The first-order valence-corrected chi connectivity index (χ1v) is 11.5. The van der Waals surface area contributed by atoms with Crippen LogP contribution >= 0.6 is 22.9 Å². The monoisotopic (exact) mass is 492 g/mol. The molecule has 0 radical (unpaired) electrons. The fraction of sp³-hybridized carbons (Fsp3) is 0.0833. The van der Waals surface area contributed by atoms with Crippen LogP contribution in [0.15, 0.2) is 82.2 Å². The van der Waals surface area contributed by atoms with Gasteiger partial charge in [-0.2, -0.15) is 5.10 Å². The van der Waals surface area contributed by atoms with E-state index in [1.165, 1.54) is 23.6 Å². The number of nitrogens with zero attached hydrogens (tertiary/aromatic N) is 4. The van der Waals surface area contributed by atoms with Crippen LogP contribution in [0.3, 0.4) is 0 Å². The molecule has 2 heterocycles. The number of hydrogen-bond acceptors (Lipinski definition) is 7. The Balaban J connectivity index is 1.59. The highest BCUT2D eigenvalue weighted by atomic mass is 35.5. The molecule has 170 valence electrons. The van der Waals surface area contributed by atoms with E-state index in [4.69, 9.17) is 26.1 Å². The van der Waals surface area contributed by atoms with Gasteiger partial charge in [0.05, 0.1) is 35.0 Å². The Hall–Kier alpha value is -3.95. The first kappa shape index (κ1) is 21.9. The van der Waals surface area contributed by atoms with Crippen LogP contribution in [0.1, 0.15) is 11.1 Å². The average molecular weight is 493 g/mol. The second-order valence-electron chi connectivity index (χ2n) is 7.29. The molecule has 3 aromatic carbocycles. The topological polar surface area (TPSA) is 91.2 Å². The number of thiazole rings is 1. The lowest BCUT2D eigenvalue weighted by Gasteiger charge is -2.05. The van der Waals surface area contributed by atoms with E-state index in [-0.39, 0.29) is 12.5 Å². The summed E-state index contributed by atoms with van der Waals surface area (Å²) < 4.78 is 12.3. The number of nitro groups is 1. The van der Waals surface area contributed by atoms with E-state index in [9.17, 15) is 10.1 Å². The zero-order valence-corrected chi connectivity index (χ0v) is 19.2. The van der Waals surface area contributed by atoms with Gasteiger partial charge in [0.25, 0.3) is 5.69 Å². The molecule has 0 aliphatic carbocycles. The molecule has 1 aromatic heterocycles. The van der Waals surface area contributed by atoms with Crippen molar-refractivity contribution in [3.8, 4) is 22.8 Å². The predicted molar refractivity (Wildman–Crippen MR) is 131 cm³/mol. The normalized spacial score (nSPS) is 13.0. The van der Waals surface area contributed by atoms with Gasteiger partial charge in [0.2, 0.25) is 11.6 Å². The Morgan fingerprint density at radius 1 is 1.09 bits per heavy atom. The number of halogens is 1. The molecule has 4 aromatic rings. The van der Waals surface area contributed by atoms with E-state index in [2.05, 4.69) is 5.10 Å². The van der Waals surface area contributed by atoms with Crippen LogP contribution in [-0.4, -0.2) is 22.6 Å². The van der Waals surface area contributed by atoms with Gasteiger partial charge in [-0.05, 0) is 23.8 Å². The number of aromatic nitrogens is 1. The summed E-state index contributed by atoms with van der Waals surface area (Å²) in [6, 6.07) is 20.2. The van der Waals surface area contributed by atoms with Gasteiger partial charge in [-0.3, -0.25) is 15.1 Å². The number of benzene rings is 3. The maximum Gasteiger partial charge on any atom is 0.282 e. The van der Waals surface area contributed by atoms with Gasteiger partial charge in [0.1, 0.15) is 0 Å². The van der Waals surface area contributed by atoms with E-state index in [0.717, 1.165) is 16.8 Å². The molecule has 0 bridgehead atoms. The average Bonchev–Trinajstić information content (AvgIpc) is 3.48. The largest absolute Gasteiger partial charge is 0.454 e. The van der Waals surface area contributed by atoms with Gasteiger partial charge in [-0.1, -0.05) is 54.1 Å². The van der Waals surface area contributed by atoms with Crippen molar-refractivity contribution in [1.82, 2.24) is 4.68 Å². The van der Waals surface area contributed by atoms with E-state index in [1.54, 1.807) is 22.9 Å². The highest BCUT2D eigenvalue weighted by Gasteiger charge is 2.22. The highest BCUT2D eigenvalue weighted by Crippen LogP contribution is 2.37. The summed E-state index contributed by atoms with van der Waals surface area (Å²) in [7, 11) is 0. The summed E-state index contributed by atoms with van der Waals surface area (Å²) in [4.78, 5) is 16.5. The van der Waals surface area contributed by atoms with Crippen molar-refractivity contribution in [2.24, 2.45) is 10.1 Å². The Morgan fingerprint density at radius 3 is 2.56 bits per heavy atom. The van der Waals surface area contributed by atoms with Gasteiger partial charge in [0, 0.05) is 16.0 Å². The van der Waals surface area contributed by atoms with Crippen LogP contribution in [0.25, 0.3) is 11.3 Å². The Kier molecular flexibility index (Phi) is 6.11. The van der Waals surface area contributed by atoms with Crippen LogP contribution in [0.4, 0.5) is 5.69 Å². The predicted octanol–water partition coefficient (Wildman–Crippen LogP) is 5.49. The second-order valence-corrected chi connectivity index (χ2v) is 8.56. The van der Waals surface area contributed by atoms with E-state index < -0.39 is 4.92 Å². The zero-order valence-electron chi connectivity index (χ0n) is 17.6. The third kappa shape index (κ3) is 4.57. The molecule has 0 N–H and O–H groups in total. The van der Waals surface area contributed by atoms with Gasteiger partial charge >= 0.3 is 0 Å². The number of fused-ring (bicyclic) bond motifs is 1. The van der Waals surface area contributed by atoms with Crippen LogP contribution in [-0.2, 0) is 6.54 Å². The lowest BCUT2D eigenvalue weighted by atomic mass is 10.1. The molecule has 0 fully saturated rings. The molecular formula is C24H17ClN4O4S. The fourth-order valence-electron chi connectivity index (χ4n) is 3.41. The first-order valence-electron chi connectivity index (χ1n) is 10.2. The van der Waals surface area contributed by atoms with Crippen molar-refractivity contribution in [1.29, 1.82) is 0 Å². The molecule has 5 rings (SSSR count). The molecule has 0 spiro atoms. The third-order valence-corrected chi connectivity index (χ3v) is 6.20. The highest BCUT2D eigenvalue weighted by molar-refractivity contribution is 7.07. The van der Waals surface area contributed by atoms with E-state index in [0.29, 0.717) is 33.4 Å². The third-order valence-electron chi connectivity index (χ3n) is 5.10. The summed E-state index contributed by atoms with van der Waals surface area (Å²) >= 11 is 7.49. The minimum Gasteiger partial charge on any atom is -0.454 e. The number of nitro benzene ring substituents is 1. The molecule has 0 amide bonds. The van der Waals surface area contributed by atoms with Crippen molar-refractivity contribution >= 4 is 34.8 Å². The first-order chi connectivity index (χ1) is 16.6. The summed E-state index contributed by atoms with van der Waals surface area (Å²) in [5, 5.41) is 18.8. The molecule has 1 aliphatic heterocycles. The number of hydrogen-bond donors (Lipinski definition) is 0. The molecule has 10 heteroatoms. The zero-order chi connectivity index (χ0) is 23.5. The molecule has 0 atom stereocenters. The van der Waals surface area contributed by atoms with Crippen molar-refractivity contribution < 1.29 is 14.4 Å². The lowest BCUT2D eigenvalue weighted by molar-refractivity contribution is -0.385. The van der Waals surface area contributed by atoms with Gasteiger partial charge in [-0.25, -0.2) is 4.68 Å². The van der Waals surface area contributed by atoms with Crippen molar-refractivity contribution in [2.45, 2.75) is 6.54 Å². The molecule has 0 saturated carbocycles. The van der Waals surface area contributed by atoms with Crippen molar-refractivity contribution in [3.63, 3.8) is 0 Å². The maximum atomic E-state index is 11.6. The van der Waals surface area contributed by atoms with E-state index in [1.807, 2.05) is 47.8 Å². The summed E-state index contributed by atoms with van der Waals surface area (Å²) in [5.74, 6) is 0.779. The van der Waals surface area contributed by atoms with Crippen LogP contribution in [0.5, 0.6) is 11.5 Å². The Morgan fingerprint density at radius 2 is 1.82 bits per heavy atom. The van der Waals surface area contributed by atoms with Gasteiger partial charge < -0.3 is 9.47 Å². The Bertz CT molecular complexity index is 1450. The Labute approximate surface area is 203 Å². The van der Waals surface area contributed by atoms with Crippen LogP contribution in [0.2, 0.25) is 5.02 Å². The molecule has 0 saturated heterocycles. The fourth-order valence-corrected chi connectivity index (χ4v) is 4.37. The molecule has 34 heavy (non-hydrogen) atoms. The summed E-state index contributed by atoms with van der Waals surface area (Å²) in [5.41, 5.74) is 2.90. The molecule has 1 aliphatic rings. The SMILES string of the molecule is O=[N+]([O-])c1cc2c(cc1C=Nn1c(-c3ccc(Cl)cc3)csc1=NCc1ccccc1)OCO2. The van der Waals surface area contributed by atoms with Crippen molar-refractivity contribution in [2.75, 3.05) is 6.79 Å². The lowest BCUT2D eigenvalue weighted by Crippen LogP contribution is -2.12. The van der Waals surface area contributed by atoms with Gasteiger partial charge in [-0.15, -0.1) is 11.3 Å². The number of ether oxygens (including phenoxy) is 2. The van der Waals surface area contributed by atoms with Crippen LogP contribution in [0, 0.1) is 10.1 Å². The van der Waals surface area contributed by atoms with Crippen molar-refractivity contribution in [3.05, 3.63) is 103 Å².